The minimum Gasteiger partial charge on any atom is -0.285 e. The van der Waals surface area contributed by atoms with Gasteiger partial charge >= 0.3 is 0 Å². The highest BCUT2D eigenvalue weighted by Gasteiger charge is 1.89. The zero-order valence-electron chi connectivity index (χ0n) is 7.62. The fourth-order valence-corrected chi connectivity index (χ4v) is 0.825. The van der Waals surface area contributed by atoms with E-state index in [-0.39, 0.29) is 0 Å². The van der Waals surface area contributed by atoms with Crippen LogP contribution < -0.4 is 11.2 Å². The topological polar surface area (TPSA) is 42.5 Å². The Morgan fingerprint density at radius 1 is 1.08 bits per heavy atom. The first kappa shape index (κ1) is 10.1. The number of hydrogen-bond acceptors (Lipinski definition) is 4. The van der Waals surface area contributed by atoms with Crippen molar-refractivity contribution in [1.82, 2.24) is 11.2 Å². The minimum absolute atomic E-state index is 0.501. The van der Waals surface area contributed by atoms with Crippen LogP contribution in [0.2, 0.25) is 0 Å². The lowest BCUT2D eigenvalue weighted by atomic mass is 10.2. The number of nitrogens with one attached hydrogen (secondary N) is 2. The van der Waals surface area contributed by atoms with E-state index in [1.807, 2.05) is 37.3 Å². The summed E-state index contributed by atoms with van der Waals surface area (Å²) in [4.78, 5) is 9.82. The molecule has 0 aromatic heterocycles. The molecule has 0 fully saturated rings. The minimum atomic E-state index is 0.501. The molecule has 0 unspecified atom stereocenters. The van der Waals surface area contributed by atoms with Gasteiger partial charge in [0.2, 0.25) is 0 Å². The molecular weight excluding hydrogens is 168 g/mol. The maximum absolute atomic E-state index is 5.04. The van der Waals surface area contributed by atoms with Crippen molar-refractivity contribution in [3.05, 3.63) is 35.9 Å². The largest absolute Gasteiger partial charge is 0.285 e. The van der Waals surface area contributed by atoms with Crippen molar-refractivity contribution in [3.63, 3.8) is 0 Å². The normalized spacial score (nSPS) is 10.2. The summed E-state index contributed by atoms with van der Waals surface area (Å²) in [5.41, 5.74) is 6.00. The molecule has 0 saturated heterocycles. The van der Waals surface area contributed by atoms with Gasteiger partial charge in [0.05, 0.1) is 13.2 Å². The molecule has 0 aliphatic heterocycles. The van der Waals surface area contributed by atoms with Crippen molar-refractivity contribution >= 4 is 0 Å². The average molecular weight is 182 g/mol. The van der Waals surface area contributed by atoms with Crippen LogP contribution in [0.15, 0.2) is 30.3 Å². The molecule has 0 atom stereocenters. The van der Waals surface area contributed by atoms with Crippen LogP contribution in [0, 0.1) is 0 Å². The fraction of sp³-hybridized carbons (Fsp3) is 0.333. The maximum Gasteiger partial charge on any atom is 0.0950 e. The lowest BCUT2D eigenvalue weighted by molar-refractivity contribution is -0.112. The first-order chi connectivity index (χ1) is 6.43. The standard InChI is InChI=1S/C9H14N2O2/c1-2-12-10-11-13-8-9-6-4-3-5-7-9/h3-7,10-11H,2,8H2,1H3. The average Bonchev–Trinajstić information content (AvgIpc) is 2.19. The van der Waals surface area contributed by atoms with Gasteiger partial charge in [-0.2, -0.15) is 0 Å². The van der Waals surface area contributed by atoms with Crippen molar-refractivity contribution in [2.45, 2.75) is 13.5 Å². The maximum atomic E-state index is 5.04. The van der Waals surface area contributed by atoms with Crippen LogP contribution in [0.3, 0.4) is 0 Å². The molecule has 0 aliphatic carbocycles. The molecule has 0 spiro atoms. The summed E-state index contributed by atoms with van der Waals surface area (Å²) in [6, 6.07) is 9.88. The Morgan fingerprint density at radius 2 is 1.77 bits per heavy atom. The van der Waals surface area contributed by atoms with Gasteiger partial charge < -0.3 is 0 Å². The fourth-order valence-electron chi connectivity index (χ4n) is 0.825. The van der Waals surface area contributed by atoms with Crippen LogP contribution in [-0.2, 0) is 16.3 Å². The van der Waals surface area contributed by atoms with Gasteiger partial charge in [-0.1, -0.05) is 30.3 Å². The predicted molar refractivity (Wildman–Crippen MR) is 49.1 cm³/mol. The Morgan fingerprint density at radius 3 is 2.46 bits per heavy atom. The molecule has 4 nitrogen and oxygen atoms in total. The molecule has 1 aromatic rings. The molecule has 4 heteroatoms. The monoisotopic (exact) mass is 182 g/mol. The van der Waals surface area contributed by atoms with E-state index >= 15 is 0 Å². The number of hydrazine groups is 1. The van der Waals surface area contributed by atoms with Crippen LogP contribution >= 0.6 is 0 Å². The highest BCUT2D eigenvalue weighted by Crippen LogP contribution is 1.98. The molecule has 0 aliphatic rings. The van der Waals surface area contributed by atoms with Crippen molar-refractivity contribution in [1.29, 1.82) is 0 Å². The molecule has 0 amide bonds. The van der Waals surface area contributed by atoms with Crippen LogP contribution in [0.5, 0.6) is 0 Å². The zero-order valence-corrected chi connectivity index (χ0v) is 7.62. The quantitative estimate of drug-likeness (QED) is 0.512. The van der Waals surface area contributed by atoms with Crippen molar-refractivity contribution < 1.29 is 9.68 Å². The van der Waals surface area contributed by atoms with Gasteiger partial charge in [0.1, 0.15) is 0 Å². The van der Waals surface area contributed by atoms with E-state index < -0.39 is 0 Å². The van der Waals surface area contributed by atoms with E-state index in [2.05, 4.69) is 11.2 Å². The Bertz CT molecular complexity index is 216. The molecule has 1 aromatic carbocycles. The molecule has 72 valence electrons. The lowest BCUT2D eigenvalue weighted by Crippen LogP contribution is -2.31. The molecule has 13 heavy (non-hydrogen) atoms. The Hall–Kier alpha value is -0.940. The molecule has 0 saturated carbocycles. The first-order valence-electron chi connectivity index (χ1n) is 4.21. The van der Waals surface area contributed by atoms with E-state index in [1.165, 1.54) is 0 Å². The Balaban J connectivity index is 2.07. The third kappa shape index (κ3) is 4.59. The summed E-state index contributed by atoms with van der Waals surface area (Å²) in [7, 11) is 0. The summed E-state index contributed by atoms with van der Waals surface area (Å²) in [5.74, 6) is 0. The smallest absolute Gasteiger partial charge is 0.0950 e. The SMILES string of the molecule is CCONNOCc1ccccc1. The van der Waals surface area contributed by atoms with Crippen LogP contribution in [0.1, 0.15) is 12.5 Å². The van der Waals surface area contributed by atoms with Gasteiger partial charge in [0.25, 0.3) is 0 Å². The second kappa shape index (κ2) is 6.56. The van der Waals surface area contributed by atoms with E-state index in [0.717, 1.165) is 5.56 Å². The van der Waals surface area contributed by atoms with Gasteiger partial charge in [-0.05, 0) is 12.5 Å². The third-order valence-electron chi connectivity index (χ3n) is 1.41. The van der Waals surface area contributed by atoms with Crippen molar-refractivity contribution in [2.75, 3.05) is 6.61 Å². The second-order valence-corrected chi connectivity index (χ2v) is 2.41. The highest BCUT2D eigenvalue weighted by molar-refractivity contribution is 5.13. The highest BCUT2D eigenvalue weighted by atomic mass is 16.8. The Kier molecular flexibility index (Phi) is 5.12. The predicted octanol–water partition coefficient (Wildman–Crippen LogP) is 1.16. The number of hydrogen-bond donors (Lipinski definition) is 2. The molecule has 1 rings (SSSR count). The summed E-state index contributed by atoms with van der Waals surface area (Å²) < 4.78 is 0. The molecule has 0 heterocycles. The van der Waals surface area contributed by atoms with E-state index in [9.17, 15) is 0 Å². The van der Waals surface area contributed by atoms with Crippen LogP contribution in [-0.4, -0.2) is 6.61 Å². The molecule has 0 bridgehead atoms. The van der Waals surface area contributed by atoms with Crippen LogP contribution in [0.25, 0.3) is 0 Å². The Labute approximate surface area is 77.7 Å². The van der Waals surface area contributed by atoms with Gasteiger partial charge in [0.15, 0.2) is 0 Å². The van der Waals surface area contributed by atoms with Gasteiger partial charge in [0, 0.05) is 0 Å². The first-order valence-corrected chi connectivity index (χ1v) is 4.21. The zero-order chi connectivity index (χ0) is 9.36. The van der Waals surface area contributed by atoms with Gasteiger partial charge in [-0.25, -0.2) is 0 Å². The van der Waals surface area contributed by atoms with E-state index in [1.54, 1.807) is 0 Å². The van der Waals surface area contributed by atoms with E-state index in [0.29, 0.717) is 13.2 Å². The van der Waals surface area contributed by atoms with Crippen molar-refractivity contribution in [2.24, 2.45) is 0 Å². The molecular formula is C9H14N2O2. The lowest BCUT2D eigenvalue weighted by Gasteiger charge is -2.05. The van der Waals surface area contributed by atoms with Gasteiger partial charge in [-0.3, -0.25) is 9.68 Å². The molecule has 0 radical (unpaired) electrons. The summed E-state index contributed by atoms with van der Waals surface area (Å²) >= 11 is 0. The van der Waals surface area contributed by atoms with Crippen molar-refractivity contribution in [3.8, 4) is 0 Å². The summed E-state index contributed by atoms with van der Waals surface area (Å²) in [6.07, 6.45) is 0. The summed E-state index contributed by atoms with van der Waals surface area (Å²) in [5, 5.41) is 0. The second-order valence-electron chi connectivity index (χ2n) is 2.41. The number of rotatable bonds is 6. The van der Waals surface area contributed by atoms with Gasteiger partial charge in [-0.15, -0.1) is 11.2 Å². The third-order valence-corrected chi connectivity index (χ3v) is 1.41. The molecule has 2 N–H and O–H groups in total. The number of benzene rings is 1. The van der Waals surface area contributed by atoms with E-state index in [4.69, 9.17) is 9.68 Å². The van der Waals surface area contributed by atoms with Crippen LogP contribution in [0.4, 0.5) is 0 Å². The summed E-state index contributed by atoms with van der Waals surface area (Å²) in [6.45, 7) is 2.97.